The van der Waals surface area contributed by atoms with Crippen LogP contribution in [0.1, 0.15) is 0 Å². The number of rotatable bonds is 3. The van der Waals surface area contributed by atoms with Crippen LogP contribution in [0, 0.1) is 0 Å². The van der Waals surface area contributed by atoms with Crippen LogP contribution >= 0.6 is 11.8 Å². The minimum Gasteiger partial charge on any atom is -0.497 e. The summed E-state index contributed by atoms with van der Waals surface area (Å²) in [4.78, 5) is 0.114. The van der Waals surface area contributed by atoms with Crippen molar-refractivity contribution in [3.8, 4) is 5.75 Å². The number of ether oxygens (including phenoxy) is 2. The van der Waals surface area contributed by atoms with Crippen molar-refractivity contribution in [2.45, 2.75) is 4.90 Å². The molecule has 18 heavy (non-hydrogen) atoms. The number of methoxy groups -OCH3 is 2. The van der Waals surface area contributed by atoms with Crippen molar-refractivity contribution in [2.24, 2.45) is 4.40 Å². The van der Waals surface area contributed by atoms with Gasteiger partial charge in [0.25, 0.3) is 10.0 Å². The molecule has 0 atom stereocenters. The smallest absolute Gasteiger partial charge is 0.286 e. The van der Waals surface area contributed by atoms with Crippen molar-refractivity contribution in [3.63, 3.8) is 0 Å². The van der Waals surface area contributed by atoms with Crippen molar-refractivity contribution < 1.29 is 17.9 Å². The maximum atomic E-state index is 12.0. The highest BCUT2D eigenvalue weighted by molar-refractivity contribution is 8.14. The summed E-state index contributed by atoms with van der Waals surface area (Å²) in [5.41, 5.74) is 0.490. The fourth-order valence-electron chi connectivity index (χ4n) is 1.42. The highest BCUT2D eigenvalue weighted by Gasteiger charge is 2.25. The molecule has 1 aliphatic rings. The SMILES string of the molecule is COCSC1=NS(=O)(=O)c2cc(OC)ccc2N1. The summed E-state index contributed by atoms with van der Waals surface area (Å²) in [5, 5.41) is 3.24. The number of hydrogen-bond donors (Lipinski definition) is 1. The van der Waals surface area contributed by atoms with Gasteiger partial charge in [-0.2, -0.15) is 8.42 Å². The monoisotopic (exact) mass is 288 g/mol. The fourth-order valence-corrected chi connectivity index (χ4v) is 3.36. The molecule has 0 saturated heterocycles. The summed E-state index contributed by atoms with van der Waals surface area (Å²) in [6.45, 7) is 0. The van der Waals surface area contributed by atoms with E-state index in [1.54, 1.807) is 12.1 Å². The van der Waals surface area contributed by atoms with E-state index >= 15 is 0 Å². The lowest BCUT2D eigenvalue weighted by Gasteiger charge is -2.17. The van der Waals surface area contributed by atoms with Gasteiger partial charge in [0.2, 0.25) is 0 Å². The quantitative estimate of drug-likeness (QED) is 0.849. The summed E-state index contributed by atoms with van der Waals surface area (Å²) in [5.74, 6) is 0.801. The number of hydrogen-bond acceptors (Lipinski definition) is 6. The molecule has 0 amide bonds. The van der Waals surface area contributed by atoms with Crippen LogP contribution in [0.5, 0.6) is 5.75 Å². The van der Waals surface area contributed by atoms with Crippen LogP contribution in [0.4, 0.5) is 5.69 Å². The van der Waals surface area contributed by atoms with Gasteiger partial charge < -0.3 is 14.8 Å². The van der Waals surface area contributed by atoms with E-state index in [9.17, 15) is 8.42 Å². The molecule has 0 radical (unpaired) electrons. The standard InChI is InChI=1S/C10H12N2O4S2/c1-15-6-17-10-11-8-4-3-7(16-2)5-9(8)18(13,14)12-10/h3-5H,6H2,1-2H3,(H,11,12). The molecule has 1 aromatic rings. The number of anilines is 1. The minimum absolute atomic E-state index is 0.114. The maximum Gasteiger partial charge on any atom is 0.286 e. The van der Waals surface area contributed by atoms with Crippen molar-refractivity contribution in [1.29, 1.82) is 0 Å². The molecule has 2 rings (SSSR count). The van der Waals surface area contributed by atoms with E-state index in [1.807, 2.05) is 0 Å². The van der Waals surface area contributed by atoms with Gasteiger partial charge in [0.1, 0.15) is 10.6 Å². The molecule has 0 fully saturated rings. The highest BCUT2D eigenvalue weighted by atomic mass is 32.2. The summed E-state index contributed by atoms with van der Waals surface area (Å²) < 4.78 is 37.5. The molecule has 0 saturated carbocycles. The van der Waals surface area contributed by atoms with Crippen molar-refractivity contribution >= 4 is 32.6 Å². The van der Waals surface area contributed by atoms with Crippen molar-refractivity contribution in [2.75, 3.05) is 25.5 Å². The van der Waals surface area contributed by atoms with E-state index in [-0.39, 0.29) is 4.90 Å². The molecule has 0 unspecified atom stereocenters. The first kappa shape index (κ1) is 13.2. The molecule has 0 aliphatic carbocycles. The number of nitrogens with one attached hydrogen (secondary N) is 1. The average Bonchev–Trinajstić information content (AvgIpc) is 2.35. The van der Waals surface area contributed by atoms with Crippen molar-refractivity contribution in [3.05, 3.63) is 18.2 Å². The van der Waals surface area contributed by atoms with Gasteiger partial charge in [-0.1, -0.05) is 11.8 Å². The van der Waals surface area contributed by atoms with E-state index in [1.165, 1.54) is 32.0 Å². The summed E-state index contributed by atoms with van der Waals surface area (Å²) in [6, 6.07) is 4.78. The molecule has 1 heterocycles. The Labute approximate surface area is 109 Å². The molecule has 1 aromatic carbocycles. The number of nitrogens with zero attached hydrogens (tertiary/aromatic N) is 1. The Morgan fingerprint density at radius 3 is 2.83 bits per heavy atom. The number of amidine groups is 1. The van der Waals surface area contributed by atoms with Gasteiger partial charge >= 0.3 is 0 Å². The van der Waals surface area contributed by atoms with Crippen LogP contribution in [0.2, 0.25) is 0 Å². The predicted molar refractivity (Wildman–Crippen MR) is 70.7 cm³/mol. The Kier molecular flexibility index (Phi) is 3.79. The van der Waals surface area contributed by atoms with Crippen LogP contribution in [0.15, 0.2) is 27.5 Å². The van der Waals surface area contributed by atoms with E-state index in [0.29, 0.717) is 22.5 Å². The maximum absolute atomic E-state index is 12.0. The topological polar surface area (TPSA) is 77.0 Å². The third-order valence-corrected chi connectivity index (χ3v) is 4.48. The predicted octanol–water partition coefficient (Wildman–Crippen LogP) is 1.50. The van der Waals surface area contributed by atoms with Crippen molar-refractivity contribution in [1.82, 2.24) is 0 Å². The van der Waals surface area contributed by atoms with Gasteiger partial charge in [-0.05, 0) is 12.1 Å². The highest BCUT2D eigenvalue weighted by Crippen LogP contribution is 2.32. The first-order chi connectivity index (χ1) is 8.56. The molecular formula is C10H12N2O4S2. The molecular weight excluding hydrogens is 276 g/mol. The largest absolute Gasteiger partial charge is 0.497 e. The molecule has 8 heteroatoms. The summed E-state index contributed by atoms with van der Waals surface area (Å²) >= 11 is 1.18. The van der Waals surface area contributed by atoms with E-state index in [2.05, 4.69) is 9.71 Å². The Balaban J connectivity index is 2.39. The van der Waals surface area contributed by atoms with E-state index < -0.39 is 10.0 Å². The van der Waals surface area contributed by atoms with Gasteiger partial charge in [-0.3, -0.25) is 0 Å². The second-order valence-electron chi connectivity index (χ2n) is 3.41. The zero-order chi connectivity index (χ0) is 13.2. The number of fused-ring (bicyclic) bond motifs is 1. The molecule has 1 N–H and O–H groups in total. The Hall–Kier alpha value is -1.25. The average molecular weight is 288 g/mol. The molecule has 98 valence electrons. The van der Waals surface area contributed by atoms with Gasteiger partial charge in [0.15, 0.2) is 5.17 Å². The zero-order valence-corrected chi connectivity index (χ0v) is 11.5. The van der Waals surface area contributed by atoms with E-state index in [0.717, 1.165) is 0 Å². The second kappa shape index (κ2) is 5.17. The molecule has 6 nitrogen and oxygen atoms in total. The molecule has 0 aromatic heterocycles. The molecule has 0 bridgehead atoms. The third-order valence-electron chi connectivity index (χ3n) is 2.22. The van der Waals surface area contributed by atoms with Crippen LogP contribution in [0.25, 0.3) is 0 Å². The Morgan fingerprint density at radius 2 is 2.17 bits per heavy atom. The van der Waals surface area contributed by atoms with Gasteiger partial charge in [0, 0.05) is 13.2 Å². The van der Waals surface area contributed by atoms with Gasteiger partial charge in [-0.25, -0.2) is 0 Å². The lowest BCUT2D eigenvalue weighted by molar-refractivity contribution is 0.259. The van der Waals surface area contributed by atoms with Crippen LogP contribution in [-0.2, 0) is 14.8 Å². The first-order valence-electron chi connectivity index (χ1n) is 4.98. The number of thioether (sulfide) groups is 1. The fraction of sp³-hybridized carbons (Fsp3) is 0.300. The number of benzene rings is 1. The molecule has 1 aliphatic heterocycles. The summed E-state index contributed by atoms with van der Waals surface area (Å²) in [6.07, 6.45) is 0. The summed E-state index contributed by atoms with van der Waals surface area (Å²) in [7, 11) is -0.674. The lowest BCUT2D eigenvalue weighted by atomic mass is 10.3. The lowest BCUT2D eigenvalue weighted by Crippen LogP contribution is -2.19. The number of sulfonamides is 1. The Bertz CT molecular complexity index is 584. The normalized spacial score (nSPS) is 16.4. The van der Waals surface area contributed by atoms with Crippen LogP contribution in [-0.4, -0.2) is 33.7 Å². The minimum atomic E-state index is -3.69. The zero-order valence-electron chi connectivity index (χ0n) is 9.84. The van der Waals surface area contributed by atoms with Gasteiger partial charge in [0.05, 0.1) is 18.7 Å². The second-order valence-corrected chi connectivity index (χ2v) is 5.89. The molecule has 0 spiro atoms. The van der Waals surface area contributed by atoms with Crippen LogP contribution < -0.4 is 10.1 Å². The third kappa shape index (κ3) is 2.60. The van der Waals surface area contributed by atoms with Crippen LogP contribution in [0.3, 0.4) is 0 Å². The van der Waals surface area contributed by atoms with Gasteiger partial charge in [-0.15, -0.1) is 4.40 Å². The Morgan fingerprint density at radius 1 is 1.39 bits per heavy atom. The first-order valence-corrected chi connectivity index (χ1v) is 7.41. The van der Waals surface area contributed by atoms with E-state index in [4.69, 9.17) is 9.47 Å².